The second-order valence-electron chi connectivity index (χ2n) is 6.29. The number of ketones is 1. The molecule has 1 heterocycles. The summed E-state index contributed by atoms with van der Waals surface area (Å²) in [5.41, 5.74) is 0. The third kappa shape index (κ3) is 6.13. The van der Waals surface area contributed by atoms with Crippen LogP contribution in [0, 0.1) is 17.8 Å². The van der Waals surface area contributed by atoms with Gasteiger partial charge in [0.25, 0.3) is 0 Å². The number of carbonyl (C=O) groups excluding carboxylic acids is 2. The molecule has 126 valence electrons. The third-order valence-corrected chi connectivity index (χ3v) is 3.53. The number of epoxide rings is 1. The molecule has 1 rings (SSSR count). The average molecular weight is 316 g/mol. The molecule has 0 aromatic rings. The Hall–Kier alpha value is -1.43. The molecule has 0 spiro atoms. The smallest absolute Gasteiger partial charge is 0.336 e. The van der Waals surface area contributed by atoms with E-state index >= 15 is 0 Å². The molecular formula is C16H27NO5. The number of carboxylic acids is 1. The van der Waals surface area contributed by atoms with Gasteiger partial charge >= 0.3 is 5.97 Å². The molecule has 1 amide bonds. The Morgan fingerprint density at radius 1 is 1.23 bits per heavy atom. The van der Waals surface area contributed by atoms with Crippen molar-refractivity contribution >= 4 is 17.7 Å². The molecule has 0 bridgehead atoms. The summed E-state index contributed by atoms with van der Waals surface area (Å²) >= 11 is 0. The number of amides is 1. The maximum absolute atomic E-state index is 12.4. The minimum Gasteiger partial charge on any atom is -0.479 e. The van der Waals surface area contributed by atoms with E-state index in [0.717, 1.165) is 6.42 Å². The molecule has 6 nitrogen and oxygen atoms in total. The lowest BCUT2D eigenvalue weighted by atomic mass is 9.90. The van der Waals surface area contributed by atoms with Crippen molar-refractivity contribution in [1.82, 2.24) is 5.32 Å². The highest BCUT2D eigenvalue weighted by molar-refractivity contribution is 5.95. The first-order chi connectivity index (χ1) is 11.4. The van der Waals surface area contributed by atoms with Crippen LogP contribution >= 0.6 is 0 Å². The monoisotopic (exact) mass is 316 g/mol. The van der Waals surface area contributed by atoms with Gasteiger partial charge in [0.1, 0.15) is 0 Å². The van der Waals surface area contributed by atoms with Gasteiger partial charge in [0.15, 0.2) is 18.0 Å². The van der Waals surface area contributed by atoms with Crippen LogP contribution in [0.25, 0.3) is 0 Å². The van der Waals surface area contributed by atoms with Crippen LogP contribution < -0.4 is 5.32 Å². The fourth-order valence-electron chi connectivity index (χ4n) is 2.24. The van der Waals surface area contributed by atoms with E-state index in [-0.39, 0.29) is 18.7 Å². The quantitative estimate of drug-likeness (QED) is 0.597. The van der Waals surface area contributed by atoms with E-state index in [1.165, 1.54) is 6.92 Å². The van der Waals surface area contributed by atoms with Crippen molar-refractivity contribution in [3.63, 3.8) is 0 Å². The van der Waals surface area contributed by atoms with Crippen LogP contribution in [0.3, 0.4) is 0 Å². The van der Waals surface area contributed by atoms with Crippen LogP contribution in [0.5, 0.6) is 0 Å². The van der Waals surface area contributed by atoms with Crippen LogP contribution in [0.15, 0.2) is 0 Å². The summed E-state index contributed by atoms with van der Waals surface area (Å²) in [6.45, 7) is 3.76. The molecule has 0 aliphatic carbocycles. The highest BCUT2D eigenvalue weighted by Gasteiger charge is 2.50. The highest BCUT2D eigenvalue weighted by atomic mass is 16.6. The van der Waals surface area contributed by atoms with Crippen molar-refractivity contribution < 1.29 is 28.3 Å². The van der Waals surface area contributed by atoms with Gasteiger partial charge in [0, 0.05) is 23.0 Å². The van der Waals surface area contributed by atoms with Gasteiger partial charge in [-0.05, 0) is 24.7 Å². The Bertz CT molecular complexity index is 506. The zero-order chi connectivity index (χ0) is 19.4. The molecule has 0 saturated carbocycles. The van der Waals surface area contributed by atoms with Crippen molar-refractivity contribution in [3.05, 3.63) is 0 Å². The van der Waals surface area contributed by atoms with E-state index < -0.39 is 42.6 Å². The molecule has 1 fully saturated rings. The number of hydrogen-bond acceptors (Lipinski definition) is 4. The van der Waals surface area contributed by atoms with E-state index in [1.807, 2.05) is 13.8 Å². The number of nitrogens with one attached hydrogen (secondary N) is 1. The van der Waals surface area contributed by atoms with Gasteiger partial charge in [-0.25, -0.2) is 4.79 Å². The Balaban J connectivity index is 2.68. The first-order valence-electron chi connectivity index (χ1n) is 9.12. The molecule has 2 N–H and O–H groups in total. The summed E-state index contributed by atoms with van der Waals surface area (Å²) in [7, 11) is 0. The van der Waals surface area contributed by atoms with Crippen LogP contribution in [0.2, 0.25) is 0 Å². The van der Waals surface area contributed by atoms with E-state index in [4.69, 9.17) is 14.0 Å². The number of aliphatic carboxylic acids is 1. The maximum atomic E-state index is 12.4. The number of hydrogen-bond donors (Lipinski definition) is 2. The van der Waals surface area contributed by atoms with E-state index in [9.17, 15) is 14.4 Å². The Kier molecular flexibility index (Phi) is 5.33. The van der Waals surface area contributed by atoms with E-state index in [0.29, 0.717) is 12.5 Å². The molecule has 4 atom stereocenters. The molecule has 0 aromatic carbocycles. The van der Waals surface area contributed by atoms with Crippen LogP contribution in [0.4, 0.5) is 0 Å². The number of rotatable bonds is 10. The van der Waals surface area contributed by atoms with Gasteiger partial charge in [0.05, 0.1) is 0 Å². The topological polar surface area (TPSA) is 96.0 Å². The maximum Gasteiger partial charge on any atom is 0.336 e. The minimum atomic E-state index is -2.22. The molecule has 0 radical (unpaired) electrons. The SMILES string of the molecule is [2H]C([2H])([2H])C(C)C[C@H](CC(=O)[C@H]1O[C@@H]1C(=O)O)C(=O)NCCC(C)C. The molecule has 6 heteroatoms. The lowest BCUT2D eigenvalue weighted by Crippen LogP contribution is -2.34. The fraction of sp³-hybridized carbons (Fsp3) is 0.812. The summed E-state index contributed by atoms with van der Waals surface area (Å²) in [4.78, 5) is 35.3. The first-order valence-corrected chi connectivity index (χ1v) is 7.62. The standard InChI is InChI=1S/C16H27NO5/c1-9(2)5-6-17-15(19)11(7-10(3)4)8-12(18)13-14(22-13)16(20)21/h9-11,13-14H,5-8H2,1-4H3,(H,17,19)(H,20,21)/t11-,13-,14+/m1/s1/i3D3/t10?,11-,13-,14+. The Morgan fingerprint density at radius 2 is 1.91 bits per heavy atom. The molecule has 0 aromatic heterocycles. The second kappa shape index (κ2) is 8.27. The predicted molar refractivity (Wildman–Crippen MR) is 81.3 cm³/mol. The Morgan fingerprint density at radius 3 is 2.41 bits per heavy atom. The average Bonchev–Trinajstić information content (AvgIpc) is 3.25. The third-order valence-electron chi connectivity index (χ3n) is 3.53. The normalized spacial score (nSPS) is 25.5. The fourth-order valence-corrected chi connectivity index (χ4v) is 2.24. The van der Waals surface area contributed by atoms with Gasteiger partial charge in [-0.1, -0.05) is 27.6 Å². The van der Waals surface area contributed by atoms with Gasteiger partial charge in [0.2, 0.25) is 5.91 Å². The van der Waals surface area contributed by atoms with Gasteiger partial charge < -0.3 is 15.2 Å². The summed E-state index contributed by atoms with van der Waals surface area (Å²) in [5, 5.41) is 11.5. The summed E-state index contributed by atoms with van der Waals surface area (Å²) in [5.74, 6) is -3.23. The van der Waals surface area contributed by atoms with E-state index in [1.54, 1.807) is 0 Å². The predicted octanol–water partition coefficient (Wildman–Crippen LogP) is 1.62. The molecule has 22 heavy (non-hydrogen) atoms. The number of carbonyl (C=O) groups is 3. The molecule has 1 unspecified atom stereocenters. The number of Topliss-reactive ketones (excluding diaryl/α,β-unsaturated/α-hetero) is 1. The first kappa shape index (κ1) is 14.2. The lowest BCUT2D eigenvalue weighted by molar-refractivity contribution is -0.138. The van der Waals surface area contributed by atoms with Crippen LogP contribution in [0.1, 0.15) is 51.0 Å². The van der Waals surface area contributed by atoms with Crippen molar-refractivity contribution in [2.45, 2.75) is 59.1 Å². The van der Waals surface area contributed by atoms with Crippen molar-refractivity contribution in [1.29, 1.82) is 0 Å². The zero-order valence-electron chi connectivity index (χ0n) is 16.3. The largest absolute Gasteiger partial charge is 0.479 e. The number of carboxylic acid groups (broad SMARTS) is 1. The van der Waals surface area contributed by atoms with Gasteiger partial charge in [-0.15, -0.1) is 0 Å². The second-order valence-corrected chi connectivity index (χ2v) is 6.29. The highest BCUT2D eigenvalue weighted by Crippen LogP contribution is 2.27. The van der Waals surface area contributed by atoms with Crippen molar-refractivity contribution in [2.75, 3.05) is 6.54 Å². The summed E-state index contributed by atoms with van der Waals surface area (Å²) in [6.07, 6.45) is -1.61. The lowest BCUT2D eigenvalue weighted by Gasteiger charge is -2.18. The molecular weight excluding hydrogens is 286 g/mol. The summed E-state index contributed by atoms with van der Waals surface area (Å²) < 4.78 is 27.2. The molecule has 1 aliphatic heterocycles. The van der Waals surface area contributed by atoms with Gasteiger partial charge in [-0.3, -0.25) is 9.59 Å². The molecule has 1 aliphatic rings. The summed E-state index contributed by atoms with van der Waals surface area (Å²) in [6, 6.07) is 0. The van der Waals surface area contributed by atoms with Crippen molar-refractivity contribution in [3.8, 4) is 0 Å². The van der Waals surface area contributed by atoms with Crippen LogP contribution in [-0.4, -0.2) is 41.5 Å². The van der Waals surface area contributed by atoms with Crippen molar-refractivity contribution in [2.24, 2.45) is 17.8 Å². The number of ether oxygens (including phenoxy) is 1. The Labute approximate surface area is 135 Å². The molecule has 1 saturated heterocycles. The zero-order valence-corrected chi connectivity index (χ0v) is 13.3. The van der Waals surface area contributed by atoms with Crippen LogP contribution in [-0.2, 0) is 19.1 Å². The minimum absolute atomic E-state index is 0.0280. The van der Waals surface area contributed by atoms with Gasteiger partial charge in [-0.2, -0.15) is 0 Å². The van der Waals surface area contributed by atoms with E-state index in [2.05, 4.69) is 5.32 Å².